The smallest absolute Gasteiger partial charge is 0.370 e. The lowest BCUT2D eigenvalue weighted by Gasteiger charge is -2.12. The molecule has 0 saturated carbocycles. The van der Waals surface area contributed by atoms with Crippen LogP contribution in [0.3, 0.4) is 0 Å². The van der Waals surface area contributed by atoms with Gasteiger partial charge in [-0.3, -0.25) is 4.99 Å². The minimum Gasteiger partial charge on any atom is -0.370 e. The molecule has 0 aliphatic rings. The molecular weight excluding hydrogens is 331 g/mol. The van der Waals surface area contributed by atoms with Crippen molar-refractivity contribution in [3.63, 3.8) is 0 Å². The Kier molecular flexibility index (Phi) is 6.21. The lowest BCUT2D eigenvalue weighted by Crippen LogP contribution is -2.24. The number of aromatic nitrogens is 1. The number of aliphatic imine (C=N–C) groups is 1. The van der Waals surface area contributed by atoms with Gasteiger partial charge in [0.05, 0.1) is 12.1 Å². The van der Waals surface area contributed by atoms with Gasteiger partial charge in [0.1, 0.15) is 5.82 Å². The molecule has 0 spiro atoms. The van der Waals surface area contributed by atoms with E-state index in [1.807, 2.05) is 24.3 Å². The Morgan fingerprint density at radius 1 is 1.20 bits per heavy atom. The van der Waals surface area contributed by atoms with Crippen LogP contribution in [0.5, 0.6) is 0 Å². The van der Waals surface area contributed by atoms with Crippen molar-refractivity contribution in [1.82, 2.24) is 4.98 Å². The van der Waals surface area contributed by atoms with E-state index in [1.165, 1.54) is 17.8 Å². The highest BCUT2D eigenvalue weighted by Gasteiger charge is 2.33. The van der Waals surface area contributed by atoms with Gasteiger partial charge in [-0.2, -0.15) is 13.2 Å². The number of nitrogens with two attached hydrogens (primary N) is 1. The van der Waals surface area contributed by atoms with Gasteiger partial charge in [0.2, 0.25) is 0 Å². The van der Waals surface area contributed by atoms with Crippen LogP contribution < -0.4 is 16.4 Å². The Balaban J connectivity index is 1.86. The predicted molar refractivity (Wildman–Crippen MR) is 93.7 cm³/mol. The molecule has 0 unspecified atom stereocenters. The molecule has 2 aromatic rings. The van der Waals surface area contributed by atoms with Crippen molar-refractivity contribution >= 4 is 17.5 Å². The topological polar surface area (TPSA) is 75.3 Å². The second kappa shape index (κ2) is 8.36. The lowest BCUT2D eigenvalue weighted by atomic mass is 10.1. The zero-order valence-corrected chi connectivity index (χ0v) is 13.8. The predicted octanol–water partition coefficient (Wildman–Crippen LogP) is 3.50. The second-order valence-corrected chi connectivity index (χ2v) is 5.27. The number of nitrogens with one attached hydrogen (secondary N) is 2. The summed E-state index contributed by atoms with van der Waals surface area (Å²) < 4.78 is 38.5. The van der Waals surface area contributed by atoms with Gasteiger partial charge in [-0.25, -0.2) is 4.98 Å². The van der Waals surface area contributed by atoms with Crippen molar-refractivity contribution in [2.75, 3.05) is 23.7 Å². The fraction of sp³-hybridized carbons (Fsp3) is 0.294. The number of rotatable bonds is 6. The van der Waals surface area contributed by atoms with Crippen LogP contribution in [0.25, 0.3) is 0 Å². The van der Waals surface area contributed by atoms with E-state index in [9.17, 15) is 13.2 Å². The number of alkyl halides is 3. The van der Waals surface area contributed by atoms with E-state index in [0.717, 1.165) is 18.2 Å². The number of guanidine groups is 1. The van der Waals surface area contributed by atoms with E-state index < -0.39 is 11.7 Å². The number of hydrogen-bond acceptors (Lipinski definition) is 3. The Morgan fingerprint density at radius 2 is 1.92 bits per heavy atom. The van der Waals surface area contributed by atoms with Crippen LogP contribution >= 0.6 is 0 Å². The normalized spacial score (nSPS) is 12.1. The SMILES string of the molecule is CCc1ccc(NC(N)=NCCNc2ncccc2C(F)(F)F)cc1. The van der Waals surface area contributed by atoms with Gasteiger partial charge in [-0.15, -0.1) is 0 Å². The maximum atomic E-state index is 12.8. The number of hydrogen-bond donors (Lipinski definition) is 3. The molecule has 5 nitrogen and oxygen atoms in total. The van der Waals surface area contributed by atoms with Crippen molar-refractivity contribution in [2.24, 2.45) is 10.7 Å². The summed E-state index contributed by atoms with van der Waals surface area (Å²) in [4.78, 5) is 7.80. The van der Waals surface area contributed by atoms with Crippen molar-refractivity contribution in [1.29, 1.82) is 0 Å². The molecule has 1 aromatic heterocycles. The minimum atomic E-state index is -4.45. The van der Waals surface area contributed by atoms with E-state index in [1.54, 1.807) is 0 Å². The Morgan fingerprint density at radius 3 is 2.56 bits per heavy atom. The van der Waals surface area contributed by atoms with Crippen LogP contribution in [0.2, 0.25) is 0 Å². The summed E-state index contributed by atoms with van der Waals surface area (Å²) in [5, 5.41) is 5.56. The maximum absolute atomic E-state index is 12.8. The summed E-state index contributed by atoms with van der Waals surface area (Å²) in [7, 11) is 0. The van der Waals surface area contributed by atoms with Gasteiger partial charge in [0, 0.05) is 18.4 Å². The molecule has 0 amide bonds. The Hall–Kier alpha value is -2.77. The van der Waals surface area contributed by atoms with E-state index in [4.69, 9.17) is 5.73 Å². The number of benzene rings is 1. The highest BCUT2D eigenvalue weighted by atomic mass is 19.4. The summed E-state index contributed by atoms with van der Waals surface area (Å²) in [5.41, 5.74) is 6.98. The Labute approximate surface area is 144 Å². The maximum Gasteiger partial charge on any atom is 0.419 e. The third-order valence-electron chi connectivity index (χ3n) is 3.43. The van der Waals surface area contributed by atoms with Gasteiger partial charge >= 0.3 is 6.18 Å². The molecule has 0 radical (unpaired) electrons. The first-order valence-electron chi connectivity index (χ1n) is 7.82. The largest absolute Gasteiger partial charge is 0.419 e. The van der Waals surface area contributed by atoms with Gasteiger partial charge < -0.3 is 16.4 Å². The minimum absolute atomic E-state index is 0.178. The molecule has 0 bridgehead atoms. The molecule has 134 valence electrons. The molecule has 0 aliphatic heterocycles. The van der Waals surface area contributed by atoms with Crippen molar-refractivity contribution in [3.05, 3.63) is 53.7 Å². The first-order chi connectivity index (χ1) is 11.9. The van der Waals surface area contributed by atoms with E-state index >= 15 is 0 Å². The zero-order valence-electron chi connectivity index (χ0n) is 13.8. The van der Waals surface area contributed by atoms with Crippen molar-refractivity contribution in [2.45, 2.75) is 19.5 Å². The number of nitrogens with zero attached hydrogens (tertiary/aromatic N) is 2. The van der Waals surface area contributed by atoms with Crippen molar-refractivity contribution < 1.29 is 13.2 Å². The summed E-state index contributed by atoms with van der Waals surface area (Å²) in [5.74, 6) is -0.0185. The van der Waals surface area contributed by atoms with Gasteiger partial charge in [-0.05, 0) is 36.2 Å². The van der Waals surface area contributed by atoms with Crippen LogP contribution in [0.4, 0.5) is 24.7 Å². The first kappa shape index (κ1) is 18.6. The molecule has 0 fully saturated rings. The lowest BCUT2D eigenvalue weighted by molar-refractivity contribution is -0.137. The number of pyridine rings is 1. The fourth-order valence-electron chi connectivity index (χ4n) is 2.14. The number of halogens is 3. The van der Waals surface area contributed by atoms with E-state index in [2.05, 4.69) is 27.5 Å². The summed E-state index contributed by atoms with van der Waals surface area (Å²) in [6, 6.07) is 9.98. The highest BCUT2D eigenvalue weighted by molar-refractivity contribution is 5.92. The monoisotopic (exact) mass is 351 g/mol. The van der Waals surface area contributed by atoms with E-state index in [0.29, 0.717) is 0 Å². The molecule has 0 saturated heterocycles. The summed E-state index contributed by atoms with van der Waals surface area (Å²) in [6.07, 6.45) is -2.20. The third-order valence-corrected chi connectivity index (χ3v) is 3.43. The van der Waals surface area contributed by atoms with Gasteiger partial charge in [0.15, 0.2) is 5.96 Å². The third kappa shape index (κ3) is 5.66. The molecule has 25 heavy (non-hydrogen) atoms. The molecular formula is C17H20F3N5. The molecule has 1 heterocycles. The molecule has 8 heteroatoms. The summed E-state index contributed by atoms with van der Waals surface area (Å²) in [6.45, 7) is 2.45. The average Bonchev–Trinajstić information content (AvgIpc) is 2.59. The average molecular weight is 351 g/mol. The van der Waals surface area contributed by atoms with E-state index in [-0.39, 0.29) is 24.9 Å². The van der Waals surface area contributed by atoms with Crippen LogP contribution in [-0.2, 0) is 12.6 Å². The molecule has 0 aliphatic carbocycles. The van der Waals surface area contributed by atoms with Crippen LogP contribution in [-0.4, -0.2) is 24.0 Å². The molecule has 4 N–H and O–H groups in total. The van der Waals surface area contributed by atoms with Gasteiger partial charge in [-0.1, -0.05) is 19.1 Å². The summed E-state index contributed by atoms with van der Waals surface area (Å²) >= 11 is 0. The van der Waals surface area contributed by atoms with Crippen LogP contribution in [0.1, 0.15) is 18.1 Å². The standard InChI is InChI=1S/C17H20F3N5/c1-2-12-5-7-13(8-6-12)25-16(21)24-11-10-23-15-14(17(18,19)20)4-3-9-22-15/h3-9H,2,10-11H2,1H3,(H,22,23)(H3,21,24,25). The second-order valence-electron chi connectivity index (χ2n) is 5.27. The quantitative estimate of drug-likeness (QED) is 0.423. The van der Waals surface area contributed by atoms with Crippen molar-refractivity contribution in [3.8, 4) is 0 Å². The van der Waals surface area contributed by atoms with Crippen LogP contribution in [0, 0.1) is 0 Å². The van der Waals surface area contributed by atoms with Crippen LogP contribution in [0.15, 0.2) is 47.6 Å². The Bertz CT molecular complexity index is 711. The molecule has 0 atom stereocenters. The molecule has 2 rings (SSSR count). The number of aryl methyl sites for hydroxylation is 1. The highest BCUT2D eigenvalue weighted by Crippen LogP contribution is 2.33. The zero-order chi connectivity index (χ0) is 18.3. The molecule has 1 aromatic carbocycles. The number of anilines is 2. The first-order valence-corrected chi connectivity index (χ1v) is 7.82. The van der Waals surface area contributed by atoms with Gasteiger partial charge in [0.25, 0.3) is 0 Å². The fourth-order valence-corrected chi connectivity index (χ4v) is 2.14.